The molecule has 2 rings (SSSR count). The van der Waals surface area contributed by atoms with Crippen LogP contribution < -0.4 is 5.32 Å². The molecule has 1 saturated heterocycles. The third kappa shape index (κ3) is 5.80. The first-order valence-corrected chi connectivity index (χ1v) is 9.05. The summed E-state index contributed by atoms with van der Waals surface area (Å²) in [5.41, 5.74) is 0.998. The minimum Gasteiger partial charge on any atom is -0.462 e. The van der Waals surface area contributed by atoms with Crippen molar-refractivity contribution in [2.45, 2.75) is 32.6 Å². The van der Waals surface area contributed by atoms with Gasteiger partial charge in [-0.05, 0) is 37.1 Å². The second kappa shape index (κ2) is 9.70. The quantitative estimate of drug-likeness (QED) is 0.406. The lowest BCUT2D eigenvalue weighted by molar-refractivity contribution is -0.125. The number of rotatable bonds is 9. The topological polar surface area (TPSA) is 96.0 Å². The number of imide groups is 1. The molecular formula is C19H25N3O5. The van der Waals surface area contributed by atoms with E-state index in [1.807, 2.05) is 6.92 Å². The Morgan fingerprint density at radius 1 is 1.15 bits per heavy atom. The molecule has 0 bridgehead atoms. The van der Waals surface area contributed by atoms with Gasteiger partial charge in [0.25, 0.3) is 0 Å². The Balaban J connectivity index is 1.75. The van der Waals surface area contributed by atoms with Crippen LogP contribution in [0.5, 0.6) is 0 Å². The maximum atomic E-state index is 12.0. The van der Waals surface area contributed by atoms with Gasteiger partial charge < -0.3 is 15.0 Å². The first-order valence-electron chi connectivity index (χ1n) is 9.05. The Labute approximate surface area is 158 Å². The van der Waals surface area contributed by atoms with Gasteiger partial charge in [0, 0.05) is 25.7 Å². The van der Waals surface area contributed by atoms with E-state index in [4.69, 9.17) is 4.74 Å². The molecule has 146 valence electrons. The van der Waals surface area contributed by atoms with Crippen molar-refractivity contribution in [1.29, 1.82) is 0 Å². The van der Waals surface area contributed by atoms with E-state index in [0.717, 1.165) is 17.7 Å². The fourth-order valence-electron chi connectivity index (χ4n) is 2.59. The molecule has 1 heterocycles. The number of carbonyl (C=O) groups is 4. The van der Waals surface area contributed by atoms with Gasteiger partial charge in [-0.1, -0.05) is 13.3 Å². The zero-order valence-corrected chi connectivity index (χ0v) is 15.7. The molecule has 8 heteroatoms. The van der Waals surface area contributed by atoms with E-state index in [2.05, 4.69) is 5.32 Å². The Kier molecular flexibility index (Phi) is 7.34. The summed E-state index contributed by atoms with van der Waals surface area (Å²) in [7, 11) is 1.57. The molecule has 1 aliphatic heterocycles. The molecule has 1 N–H and O–H groups in total. The van der Waals surface area contributed by atoms with Crippen LogP contribution in [0.15, 0.2) is 24.3 Å². The number of unbranched alkanes of at least 4 members (excludes halogenated alkanes) is 1. The number of nitrogens with one attached hydrogen (secondary N) is 1. The van der Waals surface area contributed by atoms with Crippen LogP contribution in [0.1, 0.15) is 43.0 Å². The number of esters is 1. The van der Waals surface area contributed by atoms with Crippen LogP contribution >= 0.6 is 0 Å². The molecule has 4 amide bonds. The second-order valence-corrected chi connectivity index (χ2v) is 6.40. The number of benzene rings is 1. The third-order valence-electron chi connectivity index (χ3n) is 4.15. The summed E-state index contributed by atoms with van der Waals surface area (Å²) in [4.78, 5) is 49.7. The normalized spacial score (nSPS) is 13.9. The highest BCUT2D eigenvalue weighted by atomic mass is 16.5. The van der Waals surface area contributed by atoms with Gasteiger partial charge in [-0.25, -0.2) is 9.59 Å². The van der Waals surface area contributed by atoms with Gasteiger partial charge in [0.05, 0.1) is 12.2 Å². The number of hydrogen-bond donors (Lipinski definition) is 1. The summed E-state index contributed by atoms with van der Waals surface area (Å²) in [6.45, 7) is 2.71. The number of carbonyl (C=O) groups excluding carboxylic acids is 4. The first-order chi connectivity index (χ1) is 12.9. The zero-order chi connectivity index (χ0) is 19.8. The van der Waals surface area contributed by atoms with Crippen molar-refractivity contribution in [2.75, 3.05) is 32.1 Å². The standard InChI is InChI=1S/C19H25N3O5/c1-3-4-12-27-18(25)14-7-9-15(10-8-14)20-16(23)6-5-11-22-17(24)13-21(2)19(22)26/h7-10H,3-6,11-13H2,1-2H3,(H,20,23). The molecule has 0 radical (unpaired) electrons. The summed E-state index contributed by atoms with van der Waals surface area (Å²) in [5, 5.41) is 2.73. The highest BCUT2D eigenvalue weighted by Gasteiger charge is 2.32. The average molecular weight is 375 g/mol. The molecule has 27 heavy (non-hydrogen) atoms. The van der Waals surface area contributed by atoms with Crippen molar-refractivity contribution in [3.8, 4) is 0 Å². The number of anilines is 1. The largest absolute Gasteiger partial charge is 0.462 e. The van der Waals surface area contributed by atoms with Gasteiger partial charge in [-0.15, -0.1) is 0 Å². The number of hydrogen-bond acceptors (Lipinski definition) is 5. The van der Waals surface area contributed by atoms with Gasteiger partial charge in [-0.3, -0.25) is 14.5 Å². The lowest BCUT2D eigenvalue weighted by Gasteiger charge is -2.13. The van der Waals surface area contributed by atoms with E-state index < -0.39 is 0 Å². The summed E-state index contributed by atoms with van der Waals surface area (Å²) in [6.07, 6.45) is 2.35. The summed E-state index contributed by atoms with van der Waals surface area (Å²) < 4.78 is 5.13. The van der Waals surface area contributed by atoms with Gasteiger partial charge >= 0.3 is 12.0 Å². The lowest BCUT2D eigenvalue weighted by Crippen LogP contribution is -2.32. The minimum atomic E-state index is -0.383. The third-order valence-corrected chi connectivity index (χ3v) is 4.15. The van der Waals surface area contributed by atoms with E-state index in [0.29, 0.717) is 24.3 Å². The molecule has 0 atom stereocenters. The van der Waals surface area contributed by atoms with E-state index in [-0.39, 0.29) is 43.3 Å². The second-order valence-electron chi connectivity index (χ2n) is 6.40. The fraction of sp³-hybridized carbons (Fsp3) is 0.474. The maximum Gasteiger partial charge on any atom is 0.338 e. The van der Waals surface area contributed by atoms with Crippen LogP contribution in [0.4, 0.5) is 10.5 Å². The predicted octanol–water partition coefficient (Wildman–Crippen LogP) is 2.26. The van der Waals surface area contributed by atoms with E-state index >= 15 is 0 Å². The van der Waals surface area contributed by atoms with E-state index in [9.17, 15) is 19.2 Å². The van der Waals surface area contributed by atoms with Gasteiger partial charge in [0.1, 0.15) is 6.54 Å². The van der Waals surface area contributed by atoms with Crippen LogP contribution in [0.3, 0.4) is 0 Å². The monoisotopic (exact) mass is 375 g/mol. The highest BCUT2D eigenvalue weighted by Crippen LogP contribution is 2.13. The van der Waals surface area contributed by atoms with Crippen LogP contribution in [0, 0.1) is 0 Å². The number of urea groups is 1. The van der Waals surface area contributed by atoms with Crippen molar-refractivity contribution in [3.05, 3.63) is 29.8 Å². The smallest absolute Gasteiger partial charge is 0.338 e. The SMILES string of the molecule is CCCCOC(=O)c1ccc(NC(=O)CCCN2C(=O)CN(C)C2=O)cc1. The van der Waals surface area contributed by atoms with Crippen LogP contribution in [-0.2, 0) is 14.3 Å². The number of nitrogens with zero attached hydrogens (tertiary/aromatic N) is 2. The van der Waals surface area contributed by atoms with Crippen molar-refractivity contribution in [2.24, 2.45) is 0 Å². The number of likely N-dealkylation sites (N-methyl/N-ethyl adjacent to an activating group) is 1. The first kappa shape index (κ1) is 20.4. The van der Waals surface area contributed by atoms with E-state index in [1.54, 1.807) is 31.3 Å². The number of ether oxygens (including phenoxy) is 1. The molecular weight excluding hydrogens is 350 g/mol. The Bertz CT molecular complexity index is 702. The highest BCUT2D eigenvalue weighted by molar-refractivity contribution is 6.01. The molecule has 1 aromatic carbocycles. The Hall–Kier alpha value is -2.90. The lowest BCUT2D eigenvalue weighted by atomic mass is 10.2. The zero-order valence-electron chi connectivity index (χ0n) is 15.7. The average Bonchev–Trinajstić information content (AvgIpc) is 2.88. The Morgan fingerprint density at radius 3 is 2.44 bits per heavy atom. The summed E-state index contributed by atoms with van der Waals surface area (Å²) in [5.74, 6) is -0.851. The molecule has 1 aromatic rings. The van der Waals surface area contributed by atoms with Crippen molar-refractivity contribution >= 4 is 29.5 Å². The predicted molar refractivity (Wildman–Crippen MR) is 99.2 cm³/mol. The van der Waals surface area contributed by atoms with Gasteiger partial charge in [0.2, 0.25) is 11.8 Å². The molecule has 0 aliphatic carbocycles. The molecule has 8 nitrogen and oxygen atoms in total. The van der Waals surface area contributed by atoms with E-state index in [1.165, 1.54) is 4.90 Å². The molecule has 0 saturated carbocycles. The van der Waals surface area contributed by atoms with Crippen molar-refractivity contribution in [1.82, 2.24) is 9.80 Å². The minimum absolute atomic E-state index is 0.0816. The molecule has 0 unspecified atom stereocenters. The summed E-state index contributed by atoms with van der Waals surface area (Å²) in [6, 6.07) is 6.14. The van der Waals surface area contributed by atoms with Crippen molar-refractivity contribution < 1.29 is 23.9 Å². The van der Waals surface area contributed by atoms with Gasteiger partial charge in [-0.2, -0.15) is 0 Å². The van der Waals surface area contributed by atoms with Gasteiger partial charge in [0.15, 0.2) is 0 Å². The molecule has 0 spiro atoms. The van der Waals surface area contributed by atoms with Crippen molar-refractivity contribution in [3.63, 3.8) is 0 Å². The summed E-state index contributed by atoms with van der Waals surface area (Å²) >= 11 is 0. The van der Waals surface area contributed by atoms with Crippen LogP contribution in [-0.4, -0.2) is 60.4 Å². The van der Waals surface area contributed by atoms with Crippen LogP contribution in [0.2, 0.25) is 0 Å². The molecule has 0 aromatic heterocycles. The molecule has 1 aliphatic rings. The van der Waals surface area contributed by atoms with Crippen LogP contribution in [0.25, 0.3) is 0 Å². The number of amides is 4. The maximum absolute atomic E-state index is 12.0. The fourth-order valence-corrected chi connectivity index (χ4v) is 2.59. The Morgan fingerprint density at radius 2 is 1.85 bits per heavy atom. The molecule has 1 fully saturated rings.